The standard InChI is InChI=1S/C24H44N2O7Si2/c1-11-29-20-12-13-26(23(27)25-20)22-24(10,28)21-19(31-22)14-30-34(15(2)3,16(4)5)33-35(32-21,17(6)7)18(8)9/h12-13,15-19,21-22,28H,11,14H2,1-10H3/t19-,21?,22-,24-/m1/s1. The van der Waals surface area contributed by atoms with E-state index in [2.05, 4.69) is 60.4 Å². The summed E-state index contributed by atoms with van der Waals surface area (Å²) in [5.41, 5.74) is -1.46. The fourth-order valence-corrected chi connectivity index (χ4v) is 16.8. The van der Waals surface area contributed by atoms with Crippen LogP contribution < -0.4 is 10.4 Å². The maximum atomic E-state index is 12.9. The van der Waals surface area contributed by atoms with Gasteiger partial charge in [0.15, 0.2) is 6.23 Å². The molecule has 2 aliphatic heterocycles. The number of nitrogens with zero attached hydrogens (tertiary/aromatic N) is 2. The van der Waals surface area contributed by atoms with Crippen molar-refractivity contribution in [3.63, 3.8) is 0 Å². The summed E-state index contributed by atoms with van der Waals surface area (Å²) in [6.07, 6.45) is -0.734. The van der Waals surface area contributed by atoms with Gasteiger partial charge in [-0.15, -0.1) is 0 Å². The third kappa shape index (κ3) is 4.93. The fraction of sp³-hybridized carbons (Fsp3) is 0.833. The van der Waals surface area contributed by atoms with Crippen molar-refractivity contribution in [3.05, 3.63) is 22.7 Å². The van der Waals surface area contributed by atoms with Crippen LogP contribution in [0.1, 0.15) is 75.5 Å². The maximum Gasteiger partial charge on any atom is 0.353 e. The summed E-state index contributed by atoms with van der Waals surface area (Å²) in [5, 5.41) is 11.8. The van der Waals surface area contributed by atoms with Crippen LogP contribution in [0.15, 0.2) is 17.1 Å². The SMILES string of the molecule is CCOc1ccn([C@@H]2O[C@@H]3CO[Si](C(C)C)(C(C)C)O[Si](C(C)C)(C(C)C)OC3[C@@]2(C)O)c(=O)n1. The Morgan fingerprint density at radius 1 is 1.11 bits per heavy atom. The van der Waals surface area contributed by atoms with Crippen LogP contribution in [0.3, 0.4) is 0 Å². The van der Waals surface area contributed by atoms with Gasteiger partial charge in [-0.05, 0) is 36.0 Å². The number of hydrogen-bond donors (Lipinski definition) is 1. The van der Waals surface area contributed by atoms with Crippen molar-refractivity contribution in [1.29, 1.82) is 0 Å². The summed E-state index contributed by atoms with van der Waals surface area (Å²) in [6, 6.07) is 1.60. The second-order valence-corrected chi connectivity index (χ2v) is 20.0. The van der Waals surface area contributed by atoms with E-state index in [1.165, 1.54) is 4.57 Å². The van der Waals surface area contributed by atoms with Crippen LogP contribution in [-0.4, -0.2) is 62.8 Å². The van der Waals surface area contributed by atoms with Gasteiger partial charge in [-0.2, -0.15) is 4.98 Å². The molecule has 200 valence electrons. The molecular weight excluding hydrogens is 484 g/mol. The lowest BCUT2D eigenvalue weighted by atomic mass is 9.96. The van der Waals surface area contributed by atoms with E-state index in [0.29, 0.717) is 6.61 Å². The highest BCUT2D eigenvalue weighted by Gasteiger charge is 2.64. The maximum absolute atomic E-state index is 12.9. The first-order valence-corrected chi connectivity index (χ1v) is 16.8. The monoisotopic (exact) mass is 528 g/mol. The minimum atomic E-state index is -2.95. The molecule has 3 rings (SSSR count). The molecule has 2 fully saturated rings. The van der Waals surface area contributed by atoms with Gasteiger partial charge in [0.1, 0.15) is 17.8 Å². The van der Waals surface area contributed by atoms with Gasteiger partial charge in [-0.25, -0.2) is 4.79 Å². The molecule has 4 atom stereocenters. The fourth-order valence-electron chi connectivity index (χ4n) is 5.49. The molecule has 0 aliphatic carbocycles. The first-order valence-electron chi connectivity index (χ1n) is 12.8. The topological polar surface area (TPSA) is 101 Å². The summed E-state index contributed by atoms with van der Waals surface area (Å²) in [7, 11) is -5.68. The molecule has 3 heterocycles. The van der Waals surface area contributed by atoms with Crippen molar-refractivity contribution < 1.29 is 27.5 Å². The second-order valence-electron chi connectivity index (χ2n) is 11.2. The molecule has 2 aliphatic rings. The number of fused-ring (bicyclic) bond motifs is 1. The van der Waals surface area contributed by atoms with Crippen molar-refractivity contribution in [2.45, 2.75) is 115 Å². The van der Waals surface area contributed by atoms with E-state index in [1.807, 2.05) is 6.92 Å². The predicted molar refractivity (Wildman–Crippen MR) is 138 cm³/mol. The number of aliphatic hydroxyl groups is 1. The van der Waals surface area contributed by atoms with Gasteiger partial charge in [0.2, 0.25) is 5.88 Å². The summed E-state index contributed by atoms with van der Waals surface area (Å²) in [5.74, 6) is 0.237. The Labute approximate surface area is 211 Å². The highest BCUT2D eigenvalue weighted by atomic mass is 28.5. The van der Waals surface area contributed by atoms with E-state index < -0.39 is 46.8 Å². The van der Waals surface area contributed by atoms with E-state index in [1.54, 1.807) is 19.2 Å². The quantitative estimate of drug-likeness (QED) is 0.524. The third-order valence-electron chi connectivity index (χ3n) is 7.39. The minimum absolute atomic E-state index is 0.110. The lowest BCUT2D eigenvalue weighted by molar-refractivity contribution is -0.0974. The van der Waals surface area contributed by atoms with Gasteiger partial charge in [-0.1, -0.05) is 55.4 Å². The van der Waals surface area contributed by atoms with Crippen LogP contribution >= 0.6 is 0 Å². The van der Waals surface area contributed by atoms with Gasteiger partial charge >= 0.3 is 22.8 Å². The van der Waals surface area contributed by atoms with E-state index in [-0.39, 0.29) is 34.7 Å². The Hall–Kier alpha value is -1.09. The normalized spacial score (nSPS) is 30.5. The van der Waals surface area contributed by atoms with Crippen LogP contribution in [0.2, 0.25) is 22.2 Å². The van der Waals surface area contributed by atoms with Crippen LogP contribution in [-0.2, 0) is 17.7 Å². The van der Waals surface area contributed by atoms with Crippen LogP contribution in [0.5, 0.6) is 5.88 Å². The van der Waals surface area contributed by atoms with Gasteiger partial charge in [-0.3, -0.25) is 4.57 Å². The Morgan fingerprint density at radius 3 is 2.17 bits per heavy atom. The van der Waals surface area contributed by atoms with Gasteiger partial charge in [0.25, 0.3) is 0 Å². The average molecular weight is 529 g/mol. The Balaban J connectivity index is 2.10. The molecule has 1 N–H and O–H groups in total. The van der Waals surface area contributed by atoms with E-state index in [0.717, 1.165) is 0 Å². The zero-order valence-electron chi connectivity index (χ0n) is 22.9. The van der Waals surface area contributed by atoms with Gasteiger partial charge in [0.05, 0.1) is 13.2 Å². The van der Waals surface area contributed by atoms with E-state index >= 15 is 0 Å². The van der Waals surface area contributed by atoms with Crippen molar-refractivity contribution >= 4 is 17.1 Å². The van der Waals surface area contributed by atoms with E-state index in [9.17, 15) is 9.90 Å². The molecule has 0 radical (unpaired) electrons. The summed E-state index contributed by atoms with van der Waals surface area (Å²) in [6.45, 7) is 21.3. The third-order valence-corrected chi connectivity index (χ3v) is 17.6. The number of ether oxygens (including phenoxy) is 2. The molecule has 9 nitrogen and oxygen atoms in total. The average Bonchev–Trinajstić information content (AvgIpc) is 2.97. The van der Waals surface area contributed by atoms with Crippen molar-refractivity contribution in [3.8, 4) is 5.88 Å². The zero-order chi connectivity index (χ0) is 26.3. The van der Waals surface area contributed by atoms with Crippen LogP contribution in [0.25, 0.3) is 0 Å². The lowest BCUT2D eigenvalue weighted by Gasteiger charge is -2.52. The Kier molecular flexibility index (Phi) is 8.42. The van der Waals surface area contributed by atoms with Crippen molar-refractivity contribution in [2.75, 3.05) is 13.2 Å². The molecule has 1 aromatic rings. The first kappa shape index (κ1) is 28.5. The minimum Gasteiger partial charge on any atom is -0.478 e. The Morgan fingerprint density at radius 2 is 1.69 bits per heavy atom. The molecule has 35 heavy (non-hydrogen) atoms. The van der Waals surface area contributed by atoms with Crippen LogP contribution in [0, 0.1) is 0 Å². The Bertz CT molecular complexity index is 919. The molecular formula is C24H44N2O7Si2. The summed E-state index contributed by atoms with van der Waals surface area (Å²) < 4.78 is 33.9. The smallest absolute Gasteiger partial charge is 0.353 e. The zero-order valence-corrected chi connectivity index (χ0v) is 24.9. The highest BCUT2D eigenvalue weighted by Crippen LogP contribution is 2.50. The number of rotatable bonds is 7. The summed E-state index contributed by atoms with van der Waals surface area (Å²) >= 11 is 0. The van der Waals surface area contributed by atoms with Crippen molar-refractivity contribution in [1.82, 2.24) is 9.55 Å². The molecule has 2 saturated heterocycles. The van der Waals surface area contributed by atoms with Crippen LogP contribution in [0.4, 0.5) is 0 Å². The lowest BCUT2D eigenvalue weighted by Crippen LogP contribution is -2.66. The van der Waals surface area contributed by atoms with Gasteiger partial charge < -0.3 is 27.5 Å². The molecule has 0 aromatic carbocycles. The molecule has 0 spiro atoms. The molecule has 0 bridgehead atoms. The highest BCUT2D eigenvalue weighted by molar-refractivity contribution is 6.84. The molecule has 0 amide bonds. The molecule has 0 saturated carbocycles. The molecule has 1 aromatic heterocycles. The summed E-state index contributed by atoms with van der Waals surface area (Å²) in [4.78, 5) is 16.9. The first-order chi connectivity index (χ1) is 16.2. The van der Waals surface area contributed by atoms with Crippen molar-refractivity contribution in [2.24, 2.45) is 0 Å². The van der Waals surface area contributed by atoms with E-state index in [4.69, 9.17) is 22.4 Å². The molecule has 11 heteroatoms. The molecule has 1 unspecified atom stereocenters. The largest absolute Gasteiger partial charge is 0.478 e. The number of hydrogen-bond acceptors (Lipinski definition) is 8. The number of aromatic nitrogens is 2. The predicted octanol–water partition coefficient (Wildman–Crippen LogP) is 4.25. The van der Waals surface area contributed by atoms with Gasteiger partial charge in [0, 0.05) is 12.3 Å². The second kappa shape index (κ2) is 10.3.